The number of hydrogen-bond donors (Lipinski definition) is 1. The van der Waals surface area contributed by atoms with Gasteiger partial charge in [0, 0.05) is 12.7 Å². The average molecular weight is 282 g/mol. The van der Waals surface area contributed by atoms with E-state index >= 15 is 0 Å². The smallest absolute Gasteiger partial charge is 0.141 e. The van der Waals surface area contributed by atoms with Crippen LogP contribution in [0.1, 0.15) is 19.5 Å². The SMILES string of the molecule is CC(C)CNCc1ccn(-c2ccc(F)c(Cl)c2)n1. The van der Waals surface area contributed by atoms with E-state index in [1.807, 2.05) is 12.3 Å². The van der Waals surface area contributed by atoms with Crippen molar-refractivity contribution < 1.29 is 4.39 Å². The van der Waals surface area contributed by atoms with E-state index in [2.05, 4.69) is 24.3 Å². The molecular weight excluding hydrogens is 265 g/mol. The third kappa shape index (κ3) is 3.78. The van der Waals surface area contributed by atoms with Gasteiger partial charge < -0.3 is 5.32 Å². The number of benzene rings is 1. The second-order valence-electron chi connectivity index (χ2n) is 4.87. The van der Waals surface area contributed by atoms with Gasteiger partial charge in [-0.05, 0) is 36.7 Å². The molecule has 1 N–H and O–H groups in total. The van der Waals surface area contributed by atoms with Crippen molar-refractivity contribution in [3.63, 3.8) is 0 Å². The third-order valence-electron chi connectivity index (χ3n) is 2.67. The molecule has 0 saturated heterocycles. The lowest BCUT2D eigenvalue weighted by molar-refractivity contribution is 0.546. The molecule has 0 aliphatic heterocycles. The van der Waals surface area contributed by atoms with Crippen molar-refractivity contribution in [3.05, 3.63) is 47.0 Å². The Balaban J connectivity index is 2.05. The van der Waals surface area contributed by atoms with Gasteiger partial charge in [0.1, 0.15) is 5.82 Å². The first-order valence-electron chi connectivity index (χ1n) is 6.27. The number of rotatable bonds is 5. The molecule has 5 heteroatoms. The number of halogens is 2. The molecule has 1 heterocycles. The van der Waals surface area contributed by atoms with E-state index in [9.17, 15) is 4.39 Å². The molecule has 2 aromatic rings. The van der Waals surface area contributed by atoms with Crippen LogP contribution in [-0.4, -0.2) is 16.3 Å². The Morgan fingerprint density at radius 3 is 2.84 bits per heavy atom. The largest absolute Gasteiger partial charge is 0.311 e. The zero-order valence-corrected chi connectivity index (χ0v) is 11.8. The molecule has 102 valence electrons. The van der Waals surface area contributed by atoms with Gasteiger partial charge in [-0.2, -0.15) is 5.10 Å². The molecule has 1 aromatic heterocycles. The standard InChI is InChI=1S/C14H17ClFN3/c1-10(2)8-17-9-11-5-6-19(18-11)12-3-4-14(16)13(15)7-12/h3-7,10,17H,8-9H2,1-2H3. The van der Waals surface area contributed by atoms with E-state index in [4.69, 9.17) is 11.6 Å². The van der Waals surface area contributed by atoms with Crippen molar-refractivity contribution in [2.24, 2.45) is 5.92 Å². The van der Waals surface area contributed by atoms with E-state index in [0.29, 0.717) is 5.92 Å². The summed E-state index contributed by atoms with van der Waals surface area (Å²) in [6, 6.07) is 6.50. The van der Waals surface area contributed by atoms with E-state index in [0.717, 1.165) is 24.5 Å². The Bertz CT molecular complexity index is 551. The highest BCUT2D eigenvalue weighted by atomic mass is 35.5. The first-order valence-corrected chi connectivity index (χ1v) is 6.64. The van der Waals surface area contributed by atoms with Crippen LogP contribution in [0.25, 0.3) is 5.69 Å². The summed E-state index contributed by atoms with van der Waals surface area (Å²) in [4.78, 5) is 0. The van der Waals surface area contributed by atoms with Crippen LogP contribution in [-0.2, 0) is 6.54 Å². The van der Waals surface area contributed by atoms with E-state index in [1.54, 1.807) is 16.8 Å². The van der Waals surface area contributed by atoms with Gasteiger partial charge in [-0.15, -0.1) is 0 Å². The Kier molecular flexibility index (Phi) is 4.56. The summed E-state index contributed by atoms with van der Waals surface area (Å²) in [6.07, 6.45) is 1.84. The number of nitrogens with zero attached hydrogens (tertiary/aromatic N) is 2. The molecule has 0 amide bonds. The van der Waals surface area contributed by atoms with Crippen LogP contribution in [0, 0.1) is 11.7 Å². The zero-order valence-electron chi connectivity index (χ0n) is 11.0. The quantitative estimate of drug-likeness (QED) is 0.910. The van der Waals surface area contributed by atoms with Crippen molar-refractivity contribution in [1.82, 2.24) is 15.1 Å². The molecular formula is C14H17ClFN3. The monoisotopic (exact) mass is 281 g/mol. The lowest BCUT2D eigenvalue weighted by Crippen LogP contribution is -2.19. The molecule has 0 aliphatic carbocycles. The van der Waals surface area contributed by atoms with Crippen LogP contribution in [0.2, 0.25) is 5.02 Å². The maximum Gasteiger partial charge on any atom is 0.141 e. The summed E-state index contributed by atoms with van der Waals surface area (Å²) >= 11 is 5.76. The molecule has 2 rings (SSSR count). The first-order chi connectivity index (χ1) is 9.06. The number of nitrogens with one attached hydrogen (secondary N) is 1. The predicted molar refractivity (Wildman–Crippen MR) is 75.1 cm³/mol. The number of hydrogen-bond acceptors (Lipinski definition) is 2. The van der Waals surface area contributed by atoms with E-state index in [-0.39, 0.29) is 5.02 Å². The summed E-state index contributed by atoms with van der Waals surface area (Å²) in [5, 5.41) is 7.85. The molecule has 19 heavy (non-hydrogen) atoms. The van der Waals surface area contributed by atoms with Gasteiger partial charge in [-0.1, -0.05) is 25.4 Å². The summed E-state index contributed by atoms with van der Waals surface area (Å²) in [7, 11) is 0. The Morgan fingerprint density at radius 2 is 2.16 bits per heavy atom. The highest BCUT2D eigenvalue weighted by molar-refractivity contribution is 6.30. The highest BCUT2D eigenvalue weighted by Gasteiger charge is 2.05. The second kappa shape index (κ2) is 6.17. The molecule has 0 aliphatic rings. The van der Waals surface area contributed by atoms with Gasteiger partial charge in [0.25, 0.3) is 0 Å². The molecule has 0 unspecified atom stereocenters. The summed E-state index contributed by atoms with van der Waals surface area (Å²) in [5.41, 5.74) is 1.70. The molecule has 1 aromatic carbocycles. The normalized spacial score (nSPS) is 11.2. The van der Waals surface area contributed by atoms with Gasteiger partial charge >= 0.3 is 0 Å². The minimum Gasteiger partial charge on any atom is -0.311 e. The summed E-state index contributed by atoms with van der Waals surface area (Å²) in [6.45, 7) is 5.99. The average Bonchev–Trinajstić information content (AvgIpc) is 2.81. The fourth-order valence-electron chi connectivity index (χ4n) is 1.72. The Labute approximate surface area is 117 Å². The molecule has 3 nitrogen and oxygen atoms in total. The van der Waals surface area contributed by atoms with Crippen LogP contribution in [0.3, 0.4) is 0 Å². The van der Waals surface area contributed by atoms with Crippen molar-refractivity contribution in [2.75, 3.05) is 6.54 Å². The lowest BCUT2D eigenvalue weighted by Gasteiger charge is -2.05. The van der Waals surface area contributed by atoms with Crippen molar-refractivity contribution in [1.29, 1.82) is 0 Å². The van der Waals surface area contributed by atoms with Crippen LogP contribution in [0.15, 0.2) is 30.5 Å². The zero-order chi connectivity index (χ0) is 13.8. The summed E-state index contributed by atoms with van der Waals surface area (Å²) in [5.74, 6) is 0.189. The third-order valence-corrected chi connectivity index (χ3v) is 2.96. The molecule has 0 fully saturated rings. The van der Waals surface area contributed by atoms with Crippen molar-refractivity contribution in [3.8, 4) is 5.69 Å². The second-order valence-corrected chi connectivity index (χ2v) is 5.28. The van der Waals surface area contributed by atoms with Gasteiger partial charge in [0.15, 0.2) is 0 Å². The Hall–Kier alpha value is -1.39. The molecule has 0 saturated carbocycles. The molecule has 0 spiro atoms. The maximum atomic E-state index is 13.1. The lowest BCUT2D eigenvalue weighted by atomic mass is 10.2. The van der Waals surface area contributed by atoms with Crippen LogP contribution < -0.4 is 5.32 Å². The number of aromatic nitrogens is 2. The first kappa shape index (κ1) is 14.0. The van der Waals surface area contributed by atoms with Gasteiger partial charge in [-0.25, -0.2) is 9.07 Å². The van der Waals surface area contributed by atoms with Crippen LogP contribution in [0.5, 0.6) is 0 Å². The maximum absolute atomic E-state index is 13.1. The topological polar surface area (TPSA) is 29.9 Å². The van der Waals surface area contributed by atoms with Gasteiger partial charge in [0.2, 0.25) is 0 Å². The Morgan fingerprint density at radius 1 is 1.37 bits per heavy atom. The molecule has 0 bridgehead atoms. The fourth-order valence-corrected chi connectivity index (χ4v) is 1.89. The predicted octanol–water partition coefficient (Wildman–Crippen LogP) is 3.41. The fraction of sp³-hybridized carbons (Fsp3) is 0.357. The van der Waals surface area contributed by atoms with Crippen molar-refractivity contribution in [2.45, 2.75) is 20.4 Å². The minimum atomic E-state index is -0.420. The van der Waals surface area contributed by atoms with Crippen LogP contribution >= 0.6 is 11.6 Å². The highest BCUT2D eigenvalue weighted by Crippen LogP contribution is 2.18. The molecule has 0 atom stereocenters. The van der Waals surface area contributed by atoms with E-state index < -0.39 is 5.82 Å². The van der Waals surface area contributed by atoms with Gasteiger partial charge in [-0.3, -0.25) is 0 Å². The van der Waals surface area contributed by atoms with Gasteiger partial charge in [0.05, 0.1) is 16.4 Å². The summed E-state index contributed by atoms with van der Waals surface area (Å²) < 4.78 is 14.8. The van der Waals surface area contributed by atoms with Crippen molar-refractivity contribution >= 4 is 11.6 Å². The minimum absolute atomic E-state index is 0.104. The van der Waals surface area contributed by atoms with Crippen LogP contribution in [0.4, 0.5) is 4.39 Å². The molecule has 0 radical (unpaired) electrons. The van der Waals surface area contributed by atoms with E-state index in [1.165, 1.54) is 6.07 Å².